The molecule has 1 aromatic heterocycles. The van der Waals surface area contributed by atoms with Gasteiger partial charge in [0.2, 0.25) is 5.88 Å². The number of halogens is 1. The van der Waals surface area contributed by atoms with Gasteiger partial charge in [0.05, 0.1) is 13.3 Å². The van der Waals surface area contributed by atoms with E-state index in [9.17, 15) is 4.39 Å². The van der Waals surface area contributed by atoms with Crippen LogP contribution in [-0.2, 0) is 0 Å². The fourth-order valence-electron chi connectivity index (χ4n) is 2.02. The summed E-state index contributed by atoms with van der Waals surface area (Å²) in [6.07, 6.45) is 3.37. The molecule has 0 aromatic carbocycles. The van der Waals surface area contributed by atoms with Gasteiger partial charge in [0.1, 0.15) is 5.82 Å². The molecule has 1 atom stereocenters. The molecule has 1 aliphatic rings. The summed E-state index contributed by atoms with van der Waals surface area (Å²) < 4.78 is 18.2. The maximum absolute atomic E-state index is 13.1. The molecular formula is C11H15FN2O. The quantitative estimate of drug-likeness (QED) is 0.806. The Balaban J connectivity index is 2.27. The largest absolute Gasteiger partial charge is 0.481 e. The van der Waals surface area contributed by atoms with Crippen LogP contribution in [0.5, 0.6) is 5.88 Å². The number of hydrogen-bond donors (Lipinski definition) is 1. The van der Waals surface area contributed by atoms with E-state index in [1.165, 1.54) is 12.3 Å². The van der Waals surface area contributed by atoms with Crippen molar-refractivity contribution in [2.24, 2.45) is 0 Å². The number of rotatable bonds is 2. The zero-order valence-electron chi connectivity index (χ0n) is 8.79. The maximum atomic E-state index is 13.1. The predicted molar refractivity (Wildman–Crippen MR) is 55.6 cm³/mol. The second kappa shape index (κ2) is 4.57. The third-order valence-corrected chi connectivity index (χ3v) is 2.78. The standard InChI is InChI=1S/C11H15FN2O/c1-15-11-10(5-9(12)7-14-11)8-3-2-4-13-6-8/h5,7-8,13H,2-4,6H2,1H3. The smallest absolute Gasteiger partial charge is 0.216 e. The summed E-state index contributed by atoms with van der Waals surface area (Å²) in [6.45, 7) is 1.92. The van der Waals surface area contributed by atoms with Crippen LogP contribution < -0.4 is 10.1 Å². The van der Waals surface area contributed by atoms with E-state index in [0.717, 1.165) is 31.5 Å². The topological polar surface area (TPSA) is 34.1 Å². The van der Waals surface area contributed by atoms with Gasteiger partial charge in [-0.05, 0) is 25.5 Å². The van der Waals surface area contributed by atoms with Gasteiger partial charge in [-0.25, -0.2) is 9.37 Å². The van der Waals surface area contributed by atoms with Crippen molar-refractivity contribution in [3.63, 3.8) is 0 Å². The van der Waals surface area contributed by atoms with Crippen molar-refractivity contribution in [1.82, 2.24) is 10.3 Å². The summed E-state index contributed by atoms with van der Waals surface area (Å²) in [5, 5.41) is 3.30. The molecule has 0 saturated carbocycles. The zero-order valence-corrected chi connectivity index (χ0v) is 8.79. The average Bonchev–Trinajstić information content (AvgIpc) is 2.30. The lowest BCUT2D eigenvalue weighted by atomic mass is 9.92. The van der Waals surface area contributed by atoms with Crippen LogP contribution in [0.4, 0.5) is 4.39 Å². The Labute approximate surface area is 88.7 Å². The monoisotopic (exact) mass is 210 g/mol. The van der Waals surface area contributed by atoms with Gasteiger partial charge in [-0.3, -0.25) is 0 Å². The minimum Gasteiger partial charge on any atom is -0.481 e. The van der Waals surface area contributed by atoms with Crippen LogP contribution in [-0.4, -0.2) is 25.2 Å². The van der Waals surface area contributed by atoms with Gasteiger partial charge in [-0.15, -0.1) is 0 Å². The number of piperidine rings is 1. The number of ether oxygens (including phenoxy) is 1. The summed E-state index contributed by atoms with van der Waals surface area (Å²) in [5.74, 6) is 0.568. The van der Waals surface area contributed by atoms with Gasteiger partial charge in [-0.1, -0.05) is 0 Å². The van der Waals surface area contributed by atoms with Crippen LogP contribution >= 0.6 is 0 Å². The predicted octanol–water partition coefficient (Wildman–Crippen LogP) is 1.70. The highest BCUT2D eigenvalue weighted by Crippen LogP contribution is 2.29. The highest BCUT2D eigenvalue weighted by atomic mass is 19.1. The van der Waals surface area contributed by atoms with Crippen LogP contribution in [0, 0.1) is 5.82 Å². The average molecular weight is 210 g/mol. The highest BCUT2D eigenvalue weighted by Gasteiger charge is 2.20. The lowest BCUT2D eigenvalue weighted by molar-refractivity contribution is 0.374. The van der Waals surface area contributed by atoms with E-state index in [-0.39, 0.29) is 5.82 Å². The maximum Gasteiger partial charge on any atom is 0.216 e. The van der Waals surface area contributed by atoms with Gasteiger partial charge in [0.15, 0.2) is 0 Å². The van der Waals surface area contributed by atoms with Crippen molar-refractivity contribution < 1.29 is 9.13 Å². The SMILES string of the molecule is COc1ncc(F)cc1C1CCCNC1. The molecule has 0 spiro atoms. The fraction of sp³-hybridized carbons (Fsp3) is 0.545. The van der Waals surface area contributed by atoms with Crippen LogP contribution in [0.25, 0.3) is 0 Å². The van der Waals surface area contributed by atoms with Crippen LogP contribution in [0.15, 0.2) is 12.3 Å². The van der Waals surface area contributed by atoms with Gasteiger partial charge >= 0.3 is 0 Å². The second-order valence-electron chi connectivity index (χ2n) is 3.80. The van der Waals surface area contributed by atoms with E-state index in [0.29, 0.717) is 11.8 Å². The first-order chi connectivity index (χ1) is 7.31. The van der Waals surface area contributed by atoms with Gasteiger partial charge in [-0.2, -0.15) is 0 Å². The lowest BCUT2D eigenvalue weighted by Gasteiger charge is -2.23. The molecule has 1 unspecified atom stereocenters. The second-order valence-corrected chi connectivity index (χ2v) is 3.80. The summed E-state index contributed by atoms with van der Waals surface area (Å²) in [6, 6.07) is 1.53. The van der Waals surface area contributed by atoms with E-state index < -0.39 is 0 Å². The number of hydrogen-bond acceptors (Lipinski definition) is 3. The first-order valence-electron chi connectivity index (χ1n) is 5.21. The molecule has 2 rings (SSSR count). The Kier molecular flexibility index (Phi) is 3.16. The molecule has 0 amide bonds. The van der Waals surface area contributed by atoms with Crippen molar-refractivity contribution in [3.05, 3.63) is 23.6 Å². The number of pyridine rings is 1. The first kappa shape index (κ1) is 10.4. The third kappa shape index (κ3) is 2.26. The number of methoxy groups -OCH3 is 1. The number of nitrogens with zero attached hydrogens (tertiary/aromatic N) is 1. The normalized spacial score (nSPS) is 21.3. The molecule has 1 aromatic rings. The lowest BCUT2D eigenvalue weighted by Crippen LogP contribution is -2.28. The number of nitrogens with one attached hydrogen (secondary N) is 1. The van der Waals surface area contributed by atoms with Gasteiger partial charge in [0, 0.05) is 18.0 Å². The third-order valence-electron chi connectivity index (χ3n) is 2.78. The molecular weight excluding hydrogens is 195 g/mol. The van der Waals surface area contributed by atoms with E-state index in [1.54, 1.807) is 7.11 Å². The molecule has 1 aliphatic heterocycles. The summed E-state index contributed by atoms with van der Waals surface area (Å²) in [5.41, 5.74) is 0.879. The van der Waals surface area contributed by atoms with Crippen molar-refractivity contribution in [3.8, 4) is 5.88 Å². The molecule has 4 heteroatoms. The molecule has 15 heavy (non-hydrogen) atoms. The van der Waals surface area contributed by atoms with Crippen LogP contribution in [0.3, 0.4) is 0 Å². The fourth-order valence-corrected chi connectivity index (χ4v) is 2.02. The number of aromatic nitrogens is 1. The minimum atomic E-state index is -0.295. The first-order valence-corrected chi connectivity index (χ1v) is 5.21. The minimum absolute atomic E-state index is 0.295. The molecule has 1 N–H and O–H groups in total. The molecule has 1 fully saturated rings. The van der Waals surface area contributed by atoms with Crippen molar-refractivity contribution in [2.75, 3.05) is 20.2 Å². The van der Waals surface area contributed by atoms with Crippen molar-refractivity contribution >= 4 is 0 Å². The Morgan fingerprint density at radius 3 is 3.13 bits per heavy atom. The molecule has 1 saturated heterocycles. The molecule has 0 aliphatic carbocycles. The Hall–Kier alpha value is -1.16. The molecule has 2 heterocycles. The Morgan fingerprint density at radius 1 is 1.60 bits per heavy atom. The molecule has 0 bridgehead atoms. The van der Waals surface area contributed by atoms with E-state index >= 15 is 0 Å². The zero-order chi connectivity index (χ0) is 10.7. The van der Waals surface area contributed by atoms with Crippen molar-refractivity contribution in [1.29, 1.82) is 0 Å². The molecule has 82 valence electrons. The van der Waals surface area contributed by atoms with E-state index in [4.69, 9.17) is 4.74 Å². The van der Waals surface area contributed by atoms with E-state index in [2.05, 4.69) is 10.3 Å². The summed E-state index contributed by atoms with van der Waals surface area (Å²) in [7, 11) is 1.57. The Morgan fingerprint density at radius 2 is 2.47 bits per heavy atom. The summed E-state index contributed by atoms with van der Waals surface area (Å²) >= 11 is 0. The molecule has 3 nitrogen and oxygen atoms in total. The van der Waals surface area contributed by atoms with Gasteiger partial charge in [0.25, 0.3) is 0 Å². The summed E-state index contributed by atoms with van der Waals surface area (Å²) in [4.78, 5) is 3.95. The van der Waals surface area contributed by atoms with Crippen LogP contribution in [0.2, 0.25) is 0 Å². The van der Waals surface area contributed by atoms with Gasteiger partial charge < -0.3 is 10.1 Å². The van der Waals surface area contributed by atoms with Crippen molar-refractivity contribution in [2.45, 2.75) is 18.8 Å². The molecule has 0 radical (unpaired) electrons. The Bertz CT molecular complexity index is 337. The van der Waals surface area contributed by atoms with E-state index in [1.807, 2.05) is 0 Å². The van der Waals surface area contributed by atoms with Crippen LogP contribution in [0.1, 0.15) is 24.3 Å². The highest BCUT2D eigenvalue weighted by molar-refractivity contribution is 5.30.